The van der Waals surface area contributed by atoms with E-state index in [1.54, 1.807) is 6.08 Å². The van der Waals surface area contributed by atoms with Gasteiger partial charge in [0.05, 0.1) is 0 Å². The minimum Gasteiger partial charge on any atom is -0.276 e. The summed E-state index contributed by atoms with van der Waals surface area (Å²) in [5.74, 6) is 0. The number of allylic oxidation sites excluding steroid dienone is 1. The molecule has 0 aliphatic heterocycles. The molecule has 0 rings (SSSR count). The van der Waals surface area contributed by atoms with Crippen molar-refractivity contribution < 1.29 is 4.79 Å². The van der Waals surface area contributed by atoms with Gasteiger partial charge >= 0.3 is 0 Å². The normalized spacial score (nSPS) is 9.14. The van der Waals surface area contributed by atoms with Gasteiger partial charge in [-0.25, -0.2) is 4.99 Å². The van der Waals surface area contributed by atoms with Gasteiger partial charge in [-0.1, -0.05) is 6.08 Å². The van der Waals surface area contributed by atoms with Crippen LogP contribution in [0.5, 0.6) is 0 Å². The van der Waals surface area contributed by atoms with Gasteiger partial charge in [-0.3, -0.25) is 4.79 Å². The van der Waals surface area contributed by atoms with E-state index in [1.807, 2.05) is 0 Å². The highest BCUT2D eigenvalue weighted by molar-refractivity contribution is 5.70. The maximum atomic E-state index is 9.45. The average Bonchev–Trinajstić information content (AvgIpc) is 1.69. The van der Waals surface area contributed by atoms with E-state index in [1.165, 1.54) is 6.21 Å². The van der Waals surface area contributed by atoms with Gasteiger partial charge in [0, 0.05) is 12.6 Å². The number of amides is 1. The lowest BCUT2D eigenvalue weighted by Gasteiger charge is -1.69. The predicted molar refractivity (Wildman–Crippen MR) is 29.4 cm³/mol. The van der Waals surface area contributed by atoms with Gasteiger partial charge in [-0.2, -0.15) is 0 Å². The Kier molecular flexibility index (Phi) is 4.41. The highest BCUT2D eigenvalue weighted by Gasteiger charge is 1.63. The van der Waals surface area contributed by atoms with Crippen molar-refractivity contribution in [3.05, 3.63) is 12.7 Å². The molecule has 0 saturated carbocycles. The Morgan fingerprint density at radius 1 is 1.71 bits per heavy atom. The second kappa shape index (κ2) is 5.08. The van der Waals surface area contributed by atoms with Gasteiger partial charge in [0.2, 0.25) is 6.41 Å². The summed E-state index contributed by atoms with van der Waals surface area (Å²) in [6.45, 7) is 3.43. The van der Waals surface area contributed by atoms with E-state index in [2.05, 4.69) is 11.6 Å². The SMILES string of the molecule is C=CC/C=N/C=O. The average molecular weight is 97.1 g/mol. The minimum absolute atomic E-state index is 0.503. The van der Waals surface area contributed by atoms with Gasteiger partial charge in [0.15, 0.2) is 0 Å². The zero-order chi connectivity index (χ0) is 5.54. The lowest BCUT2D eigenvalue weighted by Crippen LogP contribution is -1.67. The Bertz CT molecular complexity index is 86.1. The van der Waals surface area contributed by atoms with Crippen LogP contribution < -0.4 is 0 Å². The Balaban J connectivity index is 3.08. The summed E-state index contributed by atoms with van der Waals surface area (Å²) >= 11 is 0. The molecule has 2 nitrogen and oxygen atoms in total. The zero-order valence-corrected chi connectivity index (χ0v) is 4.00. The van der Waals surface area contributed by atoms with Crippen molar-refractivity contribution in [3.63, 3.8) is 0 Å². The maximum Gasteiger partial charge on any atom is 0.232 e. The van der Waals surface area contributed by atoms with Crippen LogP contribution in [0.1, 0.15) is 6.42 Å². The topological polar surface area (TPSA) is 29.4 Å². The van der Waals surface area contributed by atoms with Crippen molar-refractivity contribution in [2.75, 3.05) is 0 Å². The molecular weight excluding hydrogens is 90.1 g/mol. The molecule has 0 heterocycles. The number of carbonyl (C=O) groups is 1. The second-order valence-electron chi connectivity index (χ2n) is 0.961. The molecule has 0 fully saturated rings. The molecule has 0 aliphatic carbocycles. The van der Waals surface area contributed by atoms with Crippen molar-refractivity contribution in [1.82, 2.24) is 0 Å². The Morgan fingerprint density at radius 2 is 2.43 bits per heavy atom. The fourth-order valence-electron chi connectivity index (χ4n) is 0.178. The molecular formula is C5H7NO. The van der Waals surface area contributed by atoms with E-state index in [0.29, 0.717) is 12.8 Å². The third kappa shape index (κ3) is 5.08. The van der Waals surface area contributed by atoms with Crippen LogP contribution in [0.15, 0.2) is 17.6 Å². The first-order valence-corrected chi connectivity index (χ1v) is 1.98. The molecule has 2 heteroatoms. The monoisotopic (exact) mass is 97.1 g/mol. The first-order chi connectivity index (χ1) is 3.41. The maximum absolute atomic E-state index is 9.45. The number of rotatable bonds is 3. The summed E-state index contributed by atoms with van der Waals surface area (Å²) in [5.41, 5.74) is 0. The van der Waals surface area contributed by atoms with E-state index >= 15 is 0 Å². The summed E-state index contributed by atoms with van der Waals surface area (Å²) in [7, 11) is 0. The Morgan fingerprint density at radius 3 is 2.86 bits per heavy atom. The molecule has 0 radical (unpaired) electrons. The molecule has 0 aromatic heterocycles. The van der Waals surface area contributed by atoms with Crippen LogP contribution in [0.3, 0.4) is 0 Å². The van der Waals surface area contributed by atoms with Crippen LogP contribution in [-0.2, 0) is 4.79 Å². The smallest absolute Gasteiger partial charge is 0.232 e. The second-order valence-corrected chi connectivity index (χ2v) is 0.961. The summed E-state index contributed by atoms with van der Waals surface area (Å²) < 4.78 is 0. The van der Waals surface area contributed by atoms with Crippen molar-refractivity contribution in [1.29, 1.82) is 0 Å². The predicted octanol–water partition coefficient (Wildman–Crippen LogP) is 0.790. The van der Waals surface area contributed by atoms with Crippen LogP contribution in [-0.4, -0.2) is 12.6 Å². The summed E-state index contributed by atoms with van der Waals surface area (Å²) in [4.78, 5) is 12.7. The van der Waals surface area contributed by atoms with E-state index in [0.717, 1.165) is 0 Å². The number of nitrogens with zero attached hydrogens (tertiary/aromatic N) is 1. The van der Waals surface area contributed by atoms with Gasteiger partial charge in [0.25, 0.3) is 0 Å². The van der Waals surface area contributed by atoms with E-state index < -0.39 is 0 Å². The molecule has 1 amide bonds. The third-order valence-electron chi connectivity index (χ3n) is 0.438. The lowest BCUT2D eigenvalue weighted by atomic mass is 10.5. The number of hydrogen-bond donors (Lipinski definition) is 0. The number of hydrogen-bond acceptors (Lipinski definition) is 1. The molecule has 0 N–H and O–H groups in total. The standard InChI is InChI=1S/C5H7NO/c1-2-3-4-6-5-7/h2,4-5H,1,3H2/b6-4+. The molecule has 0 saturated heterocycles. The van der Waals surface area contributed by atoms with Gasteiger partial charge in [0.1, 0.15) is 0 Å². The fourth-order valence-corrected chi connectivity index (χ4v) is 0.178. The van der Waals surface area contributed by atoms with E-state index in [9.17, 15) is 4.79 Å². The van der Waals surface area contributed by atoms with Crippen molar-refractivity contribution in [2.24, 2.45) is 4.99 Å². The van der Waals surface area contributed by atoms with Crippen molar-refractivity contribution >= 4 is 12.6 Å². The van der Waals surface area contributed by atoms with Crippen LogP contribution in [0.2, 0.25) is 0 Å². The molecule has 7 heavy (non-hydrogen) atoms. The molecule has 0 aliphatic rings. The molecule has 0 spiro atoms. The first-order valence-electron chi connectivity index (χ1n) is 1.98. The Hall–Kier alpha value is -0.920. The van der Waals surface area contributed by atoms with Crippen molar-refractivity contribution in [3.8, 4) is 0 Å². The molecule has 0 atom stereocenters. The zero-order valence-electron chi connectivity index (χ0n) is 4.00. The molecule has 0 aromatic carbocycles. The number of carbonyl (C=O) groups excluding carboxylic acids is 1. The van der Waals surface area contributed by atoms with Gasteiger partial charge < -0.3 is 0 Å². The minimum atomic E-state index is 0.503. The third-order valence-corrected chi connectivity index (χ3v) is 0.438. The summed E-state index contributed by atoms with van der Waals surface area (Å²) in [5, 5.41) is 0. The fraction of sp³-hybridized carbons (Fsp3) is 0.200. The highest BCUT2D eigenvalue weighted by atomic mass is 16.1. The molecule has 0 bridgehead atoms. The van der Waals surface area contributed by atoms with Crippen molar-refractivity contribution in [2.45, 2.75) is 6.42 Å². The largest absolute Gasteiger partial charge is 0.276 e. The van der Waals surface area contributed by atoms with Crippen LogP contribution in [0.25, 0.3) is 0 Å². The lowest BCUT2D eigenvalue weighted by molar-refractivity contribution is -0.106. The quantitative estimate of drug-likeness (QED) is 0.291. The first kappa shape index (κ1) is 6.08. The molecule has 0 unspecified atom stereocenters. The Labute approximate surface area is 42.6 Å². The molecule has 38 valence electrons. The highest BCUT2D eigenvalue weighted by Crippen LogP contribution is 1.69. The van der Waals surface area contributed by atoms with E-state index in [4.69, 9.17) is 0 Å². The summed E-state index contributed by atoms with van der Waals surface area (Å²) in [6, 6.07) is 0. The van der Waals surface area contributed by atoms with E-state index in [-0.39, 0.29) is 0 Å². The van der Waals surface area contributed by atoms with Gasteiger partial charge in [-0.15, -0.1) is 6.58 Å². The summed E-state index contributed by atoms with van der Waals surface area (Å²) in [6.07, 6.45) is 4.34. The van der Waals surface area contributed by atoms with Gasteiger partial charge in [-0.05, 0) is 0 Å². The van der Waals surface area contributed by atoms with Crippen LogP contribution >= 0.6 is 0 Å². The van der Waals surface area contributed by atoms with Crippen LogP contribution in [0.4, 0.5) is 0 Å². The molecule has 0 aromatic rings. The number of aliphatic imine (C=N–C) groups is 1. The van der Waals surface area contributed by atoms with Crippen LogP contribution in [0, 0.1) is 0 Å².